The van der Waals surface area contributed by atoms with Gasteiger partial charge >= 0.3 is 0 Å². The second-order valence-electron chi connectivity index (χ2n) is 4.53. The molecule has 0 bridgehead atoms. The zero-order valence-corrected chi connectivity index (χ0v) is 12.2. The van der Waals surface area contributed by atoms with Gasteiger partial charge in [0.15, 0.2) is 0 Å². The van der Waals surface area contributed by atoms with Crippen LogP contribution in [0.15, 0.2) is 6.07 Å². The number of rotatable bonds is 6. The Kier molecular flexibility index (Phi) is 7.62. The number of amides is 1. The lowest BCUT2D eigenvalue weighted by Crippen LogP contribution is -2.38. The molecule has 1 heterocycles. The third kappa shape index (κ3) is 5.06. The molecular weight excluding hydrogens is 252 g/mol. The van der Waals surface area contributed by atoms with E-state index in [4.69, 9.17) is 0 Å². The second-order valence-corrected chi connectivity index (χ2v) is 4.53. The van der Waals surface area contributed by atoms with Crippen LogP contribution in [0, 0.1) is 0 Å². The summed E-state index contributed by atoms with van der Waals surface area (Å²) >= 11 is 0. The summed E-state index contributed by atoms with van der Waals surface area (Å²) in [6.45, 7) is 9.70. The van der Waals surface area contributed by atoms with Gasteiger partial charge in [0, 0.05) is 18.3 Å². The van der Waals surface area contributed by atoms with Crippen LogP contribution in [0.25, 0.3) is 0 Å². The lowest BCUT2D eigenvalue weighted by molar-refractivity contribution is 0.0945. The molecule has 1 aromatic heterocycles. The van der Waals surface area contributed by atoms with Crippen molar-refractivity contribution in [3.63, 3.8) is 0 Å². The summed E-state index contributed by atoms with van der Waals surface area (Å²) in [7, 11) is 0. The van der Waals surface area contributed by atoms with Crippen molar-refractivity contribution in [1.82, 2.24) is 20.8 Å². The lowest BCUT2D eigenvalue weighted by atomic mass is 10.1. The van der Waals surface area contributed by atoms with Crippen molar-refractivity contribution in [2.24, 2.45) is 0 Å². The van der Waals surface area contributed by atoms with Crippen LogP contribution in [0.2, 0.25) is 0 Å². The van der Waals surface area contributed by atoms with Gasteiger partial charge in [-0.15, -0.1) is 12.4 Å². The maximum absolute atomic E-state index is 11.8. The Balaban J connectivity index is 0.00000289. The number of H-pyrrole nitrogens is 1. The molecule has 0 aliphatic heterocycles. The molecule has 6 heteroatoms. The highest BCUT2D eigenvalue weighted by Crippen LogP contribution is 2.11. The molecular formula is C12H23ClN4O. The molecule has 0 radical (unpaired) electrons. The average Bonchev–Trinajstić information content (AvgIpc) is 2.75. The van der Waals surface area contributed by atoms with Gasteiger partial charge in [-0.25, -0.2) is 0 Å². The molecule has 0 saturated carbocycles. The van der Waals surface area contributed by atoms with E-state index in [-0.39, 0.29) is 24.4 Å². The Morgan fingerprint density at radius 3 is 2.61 bits per heavy atom. The van der Waals surface area contributed by atoms with E-state index >= 15 is 0 Å². The number of carbonyl (C=O) groups is 1. The Labute approximate surface area is 115 Å². The number of nitrogens with one attached hydrogen (secondary N) is 3. The van der Waals surface area contributed by atoms with Crippen LogP contribution < -0.4 is 10.6 Å². The van der Waals surface area contributed by atoms with Gasteiger partial charge in [0.05, 0.1) is 0 Å². The van der Waals surface area contributed by atoms with E-state index in [1.54, 1.807) is 6.07 Å². The molecule has 0 aliphatic rings. The molecule has 104 valence electrons. The molecule has 5 nitrogen and oxygen atoms in total. The molecule has 1 aromatic rings. The highest BCUT2D eigenvalue weighted by atomic mass is 35.5. The monoisotopic (exact) mass is 274 g/mol. The largest absolute Gasteiger partial charge is 0.349 e. The van der Waals surface area contributed by atoms with Crippen molar-refractivity contribution < 1.29 is 4.79 Å². The number of likely N-dealkylation sites (N-methyl/N-ethyl adjacent to an activating group) is 1. The summed E-state index contributed by atoms with van der Waals surface area (Å²) in [5.74, 6) is 0.225. The summed E-state index contributed by atoms with van der Waals surface area (Å²) in [6.07, 6.45) is 0. The summed E-state index contributed by atoms with van der Waals surface area (Å²) < 4.78 is 0. The van der Waals surface area contributed by atoms with Gasteiger partial charge in [-0.3, -0.25) is 9.89 Å². The van der Waals surface area contributed by atoms with Crippen LogP contribution >= 0.6 is 12.4 Å². The van der Waals surface area contributed by atoms with Gasteiger partial charge in [0.25, 0.3) is 5.91 Å². The maximum Gasteiger partial charge on any atom is 0.271 e. The van der Waals surface area contributed by atoms with Gasteiger partial charge in [0.1, 0.15) is 5.69 Å². The van der Waals surface area contributed by atoms with Crippen LogP contribution in [0.5, 0.6) is 0 Å². The van der Waals surface area contributed by atoms with Crippen molar-refractivity contribution in [3.8, 4) is 0 Å². The fourth-order valence-electron chi connectivity index (χ4n) is 1.51. The topological polar surface area (TPSA) is 69.8 Å². The standard InChI is InChI=1S/C12H22N4O.ClH/c1-5-13-9(4)7-14-12(17)11-6-10(8(2)3)15-16-11;/h6,8-9,13H,5,7H2,1-4H3,(H,14,17)(H,15,16);1H/t9-;/m1./s1. The van der Waals surface area contributed by atoms with Crippen LogP contribution in [-0.4, -0.2) is 35.2 Å². The number of aromatic amines is 1. The normalized spacial score (nSPS) is 12.1. The van der Waals surface area contributed by atoms with E-state index in [0.717, 1.165) is 12.2 Å². The van der Waals surface area contributed by atoms with Crippen molar-refractivity contribution >= 4 is 18.3 Å². The minimum Gasteiger partial charge on any atom is -0.349 e. The van der Waals surface area contributed by atoms with Gasteiger partial charge in [-0.1, -0.05) is 20.8 Å². The Bertz CT molecular complexity index is 365. The van der Waals surface area contributed by atoms with Crippen molar-refractivity contribution in [1.29, 1.82) is 0 Å². The average molecular weight is 275 g/mol. The molecule has 0 aliphatic carbocycles. The summed E-state index contributed by atoms with van der Waals surface area (Å²) in [5, 5.41) is 13.0. The first-order valence-electron chi connectivity index (χ1n) is 6.11. The molecule has 0 saturated heterocycles. The van der Waals surface area contributed by atoms with Gasteiger partial charge in [-0.2, -0.15) is 5.10 Å². The number of hydrogen-bond acceptors (Lipinski definition) is 3. The zero-order valence-electron chi connectivity index (χ0n) is 11.4. The minimum atomic E-state index is -0.127. The SMILES string of the molecule is CCN[C@H](C)CNC(=O)c1cc(C(C)C)[nH]n1.Cl. The fourth-order valence-corrected chi connectivity index (χ4v) is 1.51. The first-order chi connectivity index (χ1) is 8.04. The maximum atomic E-state index is 11.8. The highest BCUT2D eigenvalue weighted by molar-refractivity contribution is 5.92. The predicted octanol–water partition coefficient (Wildman–Crippen LogP) is 1.68. The number of carbonyl (C=O) groups excluding carboxylic acids is 1. The molecule has 0 spiro atoms. The van der Waals surface area contributed by atoms with E-state index in [1.165, 1.54) is 0 Å². The molecule has 1 atom stereocenters. The van der Waals surface area contributed by atoms with Gasteiger partial charge in [0.2, 0.25) is 0 Å². The Morgan fingerprint density at radius 2 is 2.11 bits per heavy atom. The number of nitrogens with zero attached hydrogens (tertiary/aromatic N) is 1. The quantitative estimate of drug-likeness (QED) is 0.739. The molecule has 1 rings (SSSR count). The third-order valence-electron chi connectivity index (χ3n) is 2.57. The molecule has 0 unspecified atom stereocenters. The first kappa shape index (κ1) is 16.9. The Hall–Kier alpha value is -1.07. The minimum absolute atomic E-state index is 0. The van der Waals surface area contributed by atoms with Crippen LogP contribution in [0.1, 0.15) is 49.8 Å². The lowest BCUT2D eigenvalue weighted by Gasteiger charge is -2.12. The van der Waals surface area contributed by atoms with Crippen LogP contribution in [0.3, 0.4) is 0 Å². The second kappa shape index (κ2) is 8.11. The molecule has 0 fully saturated rings. The summed E-state index contributed by atoms with van der Waals surface area (Å²) in [5.41, 5.74) is 1.44. The van der Waals surface area contributed by atoms with E-state index in [9.17, 15) is 4.79 Å². The van der Waals surface area contributed by atoms with E-state index in [2.05, 4.69) is 34.7 Å². The van der Waals surface area contributed by atoms with Gasteiger partial charge in [-0.05, 0) is 25.5 Å². The number of halogens is 1. The molecule has 18 heavy (non-hydrogen) atoms. The van der Waals surface area contributed by atoms with E-state index < -0.39 is 0 Å². The fraction of sp³-hybridized carbons (Fsp3) is 0.667. The molecule has 1 amide bonds. The van der Waals surface area contributed by atoms with Crippen LogP contribution in [-0.2, 0) is 0 Å². The van der Waals surface area contributed by atoms with E-state index in [1.807, 2.05) is 13.8 Å². The first-order valence-corrected chi connectivity index (χ1v) is 6.11. The van der Waals surface area contributed by atoms with Gasteiger partial charge < -0.3 is 10.6 Å². The third-order valence-corrected chi connectivity index (χ3v) is 2.57. The molecule has 0 aromatic carbocycles. The number of hydrogen-bond donors (Lipinski definition) is 3. The Morgan fingerprint density at radius 1 is 1.44 bits per heavy atom. The molecule has 3 N–H and O–H groups in total. The van der Waals surface area contributed by atoms with E-state index in [0.29, 0.717) is 18.2 Å². The van der Waals surface area contributed by atoms with Crippen LogP contribution in [0.4, 0.5) is 0 Å². The smallest absolute Gasteiger partial charge is 0.271 e. The van der Waals surface area contributed by atoms with Crippen molar-refractivity contribution in [2.45, 2.75) is 39.7 Å². The number of aromatic nitrogens is 2. The predicted molar refractivity (Wildman–Crippen MR) is 75.4 cm³/mol. The van der Waals surface area contributed by atoms with Crippen molar-refractivity contribution in [2.75, 3.05) is 13.1 Å². The summed E-state index contributed by atoms with van der Waals surface area (Å²) in [4.78, 5) is 11.8. The zero-order chi connectivity index (χ0) is 12.8. The van der Waals surface area contributed by atoms with Crippen molar-refractivity contribution in [3.05, 3.63) is 17.5 Å². The summed E-state index contributed by atoms with van der Waals surface area (Å²) in [6, 6.07) is 2.07. The highest BCUT2D eigenvalue weighted by Gasteiger charge is 2.12.